The van der Waals surface area contributed by atoms with Crippen LogP contribution in [0.5, 0.6) is 5.75 Å². The van der Waals surface area contributed by atoms with Crippen molar-refractivity contribution in [1.82, 2.24) is 14.8 Å². The van der Waals surface area contributed by atoms with Crippen LogP contribution in [0.2, 0.25) is 5.02 Å². The van der Waals surface area contributed by atoms with E-state index < -0.39 is 17.4 Å². The molecule has 1 aliphatic heterocycles. The third-order valence-electron chi connectivity index (χ3n) is 4.93. The number of benzene rings is 1. The van der Waals surface area contributed by atoms with Crippen LogP contribution < -0.4 is 10.9 Å². The standard InChI is InChI=1S/C20H24ClN3O4/c1-2-16-11-22-8-10-24(16)20(27)28-13-15-7-9-23(19(26)18(15)25)12-14-5-3-4-6-17(14)21/h3-7,9,16,22,25H,2,8,10-13H2,1H3. The first-order chi connectivity index (χ1) is 13.5. The average molecular weight is 406 g/mol. The van der Waals surface area contributed by atoms with Gasteiger partial charge in [0.1, 0.15) is 6.61 Å². The number of carbonyl (C=O) groups excluding carboxylic acids is 1. The molecule has 0 saturated carbocycles. The minimum absolute atomic E-state index is 0.0819. The van der Waals surface area contributed by atoms with Crippen LogP contribution in [-0.4, -0.2) is 46.3 Å². The van der Waals surface area contributed by atoms with Gasteiger partial charge in [0.25, 0.3) is 5.56 Å². The molecule has 0 radical (unpaired) electrons. The number of halogens is 1. The van der Waals surface area contributed by atoms with E-state index in [9.17, 15) is 14.7 Å². The number of pyridine rings is 1. The van der Waals surface area contributed by atoms with Crippen molar-refractivity contribution in [2.45, 2.75) is 32.5 Å². The molecule has 7 nitrogen and oxygen atoms in total. The van der Waals surface area contributed by atoms with Crippen molar-refractivity contribution in [1.29, 1.82) is 0 Å². The van der Waals surface area contributed by atoms with Gasteiger partial charge in [-0.1, -0.05) is 36.7 Å². The maximum Gasteiger partial charge on any atom is 0.410 e. The Labute approximate surface area is 168 Å². The van der Waals surface area contributed by atoms with Crippen molar-refractivity contribution < 1.29 is 14.6 Å². The molecule has 0 spiro atoms. The second kappa shape index (κ2) is 9.12. The molecule has 2 N–H and O–H groups in total. The van der Waals surface area contributed by atoms with E-state index in [2.05, 4.69) is 5.32 Å². The number of hydrogen-bond acceptors (Lipinski definition) is 5. The fourth-order valence-electron chi connectivity index (χ4n) is 3.24. The van der Waals surface area contributed by atoms with Gasteiger partial charge in [0.2, 0.25) is 0 Å². The quantitative estimate of drug-likeness (QED) is 0.798. The molecule has 8 heteroatoms. The van der Waals surface area contributed by atoms with Gasteiger partial charge in [-0.15, -0.1) is 0 Å². The number of rotatable bonds is 5. The molecule has 1 aliphatic rings. The lowest BCUT2D eigenvalue weighted by atomic mass is 10.1. The third kappa shape index (κ3) is 4.48. The summed E-state index contributed by atoms with van der Waals surface area (Å²) in [6, 6.07) is 8.87. The number of hydrogen-bond donors (Lipinski definition) is 2. The van der Waals surface area contributed by atoms with Gasteiger partial charge in [-0.05, 0) is 24.1 Å². The number of carbonyl (C=O) groups is 1. The number of aromatic hydroxyl groups is 1. The number of nitrogens with zero attached hydrogens (tertiary/aromatic N) is 2. The Bertz CT molecular complexity index is 899. The lowest BCUT2D eigenvalue weighted by molar-refractivity contribution is 0.0708. The van der Waals surface area contributed by atoms with Crippen molar-refractivity contribution in [3.63, 3.8) is 0 Å². The largest absolute Gasteiger partial charge is 0.503 e. The summed E-state index contributed by atoms with van der Waals surface area (Å²) in [6.45, 7) is 4.12. The Morgan fingerprint density at radius 3 is 2.86 bits per heavy atom. The highest BCUT2D eigenvalue weighted by Gasteiger charge is 2.26. The summed E-state index contributed by atoms with van der Waals surface area (Å²) >= 11 is 6.14. The van der Waals surface area contributed by atoms with Crippen LogP contribution in [0.3, 0.4) is 0 Å². The van der Waals surface area contributed by atoms with E-state index in [0.717, 1.165) is 25.1 Å². The van der Waals surface area contributed by atoms with Gasteiger partial charge in [-0.2, -0.15) is 0 Å². The van der Waals surface area contributed by atoms with Crippen molar-refractivity contribution >= 4 is 17.7 Å². The number of piperazine rings is 1. The van der Waals surface area contributed by atoms with Gasteiger partial charge >= 0.3 is 6.09 Å². The zero-order valence-corrected chi connectivity index (χ0v) is 16.5. The molecule has 2 aromatic rings. The lowest BCUT2D eigenvalue weighted by Gasteiger charge is -2.34. The Balaban J connectivity index is 1.68. The van der Waals surface area contributed by atoms with E-state index in [-0.39, 0.29) is 24.8 Å². The minimum Gasteiger partial charge on any atom is -0.503 e. The summed E-state index contributed by atoms with van der Waals surface area (Å²) in [4.78, 5) is 26.5. The van der Waals surface area contributed by atoms with Gasteiger partial charge in [0.15, 0.2) is 5.75 Å². The van der Waals surface area contributed by atoms with Gasteiger partial charge in [0.05, 0.1) is 6.54 Å². The maximum atomic E-state index is 12.5. The van der Waals surface area contributed by atoms with E-state index in [1.54, 1.807) is 23.2 Å². The minimum atomic E-state index is -0.554. The molecule has 0 aliphatic carbocycles. The first-order valence-corrected chi connectivity index (χ1v) is 9.67. The molecular weight excluding hydrogens is 382 g/mol. The fourth-order valence-corrected chi connectivity index (χ4v) is 3.44. The molecule has 28 heavy (non-hydrogen) atoms. The van der Waals surface area contributed by atoms with Gasteiger partial charge < -0.3 is 24.6 Å². The Morgan fingerprint density at radius 1 is 1.32 bits per heavy atom. The van der Waals surface area contributed by atoms with E-state index in [1.165, 1.54) is 4.57 Å². The number of nitrogens with one attached hydrogen (secondary N) is 1. The van der Waals surface area contributed by atoms with Crippen molar-refractivity contribution in [2.75, 3.05) is 19.6 Å². The molecule has 2 heterocycles. The summed E-state index contributed by atoms with van der Waals surface area (Å²) < 4.78 is 6.71. The van der Waals surface area contributed by atoms with Crippen LogP contribution in [0.1, 0.15) is 24.5 Å². The average Bonchev–Trinajstić information content (AvgIpc) is 2.72. The number of aromatic nitrogens is 1. The molecule has 1 aromatic carbocycles. The summed E-state index contributed by atoms with van der Waals surface area (Å²) in [5.41, 5.74) is 0.494. The summed E-state index contributed by atoms with van der Waals surface area (Å²) in [5, 5.41) is 14.1. The Hall–Kier alpha value is -2.51. The molecule has 1 atom stereocenters. The SMILES string of the molecule is CCC1CNCCN1C(=O)OCc1ccn(Cc2ccccc2Cl)c(=O)c1O. The second-order valence-electron chi connectivity index (χ2n) is 6.73. The van der Waals surface area contributed by atoms with Crippen LogP contribution in [0, 0.1) is 0 Å². The summed E-state index contributed by atoms with van der Waals surface area (Å²) in [7, 11) is 0. The van der Waals surface area contributed by atoms with Crippen molar-refractivity contribution in [3.05, 3.63) is 63.0 Å². The lowest BCUT2D eigenvalue weighted by Crippen LogP contribution is -2.53. The summed E-state index contributed by atoms with van der Waals surface area (Å²) in [6.07, 6.45) is 1.95. The fraction of sp³-hybridized carbons (Fsp3) is 0.400. The molecule has 1 saturated heterocycles. The van der Waals surface area contributed by atoms with E-state index in [0.29, 0.717) is 11.6 Å². The van der Waals surface area contributed by atoms with Gasteiger partial charge in [-0.3, -0.25) is 4.79 Å². The highest BCUT2D eigenvalue weighted by Crippen LogP contribution is 2.18. The number of ether oxygens (including phenoxy) is 1. The zero-order chi connectivity index (χ0) is 20.1. The topological polar surface area (TPSA) is 83.8 Å². The third-order valence-corrected chi connectivity index (χ3v) is 5.30. The predicted molar refractivity (Wildman–Crippen MR) is 107 cm³/mol. The van der Waals surface area contributed by atoms with Crippen LogP contribution in [0.25, 0.3) is 0 Å². The van der Waals surface area contributed by atoms with Crippen LogP contribution in [-0.2, 0) is 17.9 Å². The monoisotopic (exact) mass is 405 g/mol. The van der Waals surface area contributed by atoms with E-state index >= 15 is 0 Å². The van der Waals surface area contributed by atoms with E-state index in [4.69, 9.17) is 16.3 Å². The number of amides is 1. The van der Waals surface area contributed by atoms with Gasteiger partial charge in [-0.25, -0.2) is 4.79 Å². The Kier molecular flexibility index (Phi) is 6.59. The van der Waals surface area contributed by atoms with Crippen LogP contribution in [0.15, 0.2) is 41.3 Å². The normalized spacial score (nSPS) is 16.8. The highest BCUT2D eigenvalue weighted by molar-refractivity contribution is 6.31. The van der Waals surface area contributed by atoms with Crippen LogP contribution >= 0.6 is 11.6 Å². The van der Waals surface area contributed by atoms with Crippen molar-refractivity contribution in [2.24, 2.45) is 0 Å². The summed E-state index contributed by atoms with van der Waals surface area (Å²) in [5.74, 6) is -0.422. The molecule has 0 bridgehead atoms. The highest BCUT2D eigenvalue weighted by atomic mass is 35.5. The zero-order valence-electron chi connectivity index (χ0n) is 15.7. The first-order valence-electron chi connectivity index (χ1n) is 9.30. The molecule has 1 fully saturated rings. The molecule has 1 unspecified atom stereocenters. The van der Waals surface area contributed by atoms with Crippen molar-refractivity contribution in [3.8, 4) is 5.75 Å². The Morgan fingerprint density at radius 2 is 2.11 bits per heavy atom. The second-order valence-corrected chi connectivity index (χ2v) is 7.14. The molecule has 150 valence electrons. The molecule has 1 aromatic heterocycles. The predicted octanol–water partition coefficient (Wildman–Crippen LogP) is 2.58. The van der Waals surface area contributed by atoms with E-state index in [1.807, 2.05) is 25.1 Å². The maximum absolute atomic E-state index is 12.5. The first kappa shape index (κ1) is 20.2. The molecule has 3 rings (SSSR count). The molecule has 1 amide bonds. The van der Waals surface area contributed by atoms with Gasteiger partial charge in [0, 0.05) is 42.5 Å². The smallest absolute Gasteiger partial charge is 0.410 e. The van der Waals surface area contributed by atoms with Crippen LogP contribution in [0.4, 0.5) is 4.79 Å². The molecular formula is C20H24ClN3O4.